The Morgan fingerprint density at radius 3 is 2.40 bits per heavy atom. The van der Waals surface area contributed by atoms with Crippen LogP contribution in [0.5, 0.6) is 0 Å². The van der Waals surface area contributed by atoms with Crippen LogP contribution in [-0.4, -0.2) is 60.6 Å². The molecule has 1 aliphatic carbocycles. The van der Waals surface area contributed by atoms with Gasteiger partial charge in [-0.1, -0.05) is 54.6 Å². The molecule has 1 aliphatic heterocycles. The van der Waals surface area contributed by atoms with Crippen molar-refractivity contribution in [2.45, 2.75) is 45.4 Å². The highest BCUT2D eigenvalue weighted by molar-refractivity contribution is 6.00. The number of hydrogen-bond donors (Lipinski definition) is 0. The quantitative estimate of drug-likeness (QED) is 0.530. The first-order valence-electron chi connectivity index (χ1n) is 12.0. The lowest BCUT2D eigenvalue weighted by Crippen LogP contribution is -2.40. The molecule has 1 heterocycles. The second-order valence-corrected chi connectivity index (χ2v) is 9.36. The fraction of sp³-hybridized carbons (Fsp3) is 0.345. The van der Waals surface area contributed by atoms with Crippen molar-refractivity contribution in [1.82, 2.24) is 9.80 Å². The first kappa shape index (κ1) is 24.5. The summed E-state index contributed by atoms with van der Waals surface area (Å²) in [5.74, 6) is 1.54. The van der Waals surface area contributed by atoms with Crippen LogP contribution in [0.25, 0.3) is 0 Å². The first-order valence-corrected chi connectivity index (χ1v) is 12.0. The van der Waals surface area contributed by atoms with Gasteiger partial charge in [0.25, 0.3) is 5.91 Å². The fourth-order valence-corrected chi connectivity index (χ4v) is 4.66. The minimum absolute atomic E-state index is 0.0556. The van der Waals surface area contributed by atoms with Gasteiger partial charge in [-0.2, -0.15) is 0 Å². The van der Waals surface area contributed by atoms with Crippen LogP contribution in [0.4, 0.5) is 0 Å². The smallest absolute Gasteiger partial charge is 0.253 e. The van der Waals surface area contributed by atoms with Gasteiger partial charge in [0.15, 0.2) is 5.78 Å². The molecular weight excluding hydrogens is 438 g/mol. The molecule has 6 heteroatoms. The van der Waals surface area contributed by atoms with Crippen LogP contribution < -0.4 is 0 Å². The molecule has 4 rings (SSSR count). The lowest BCUT2D eigenvalue weighted by atomic mass is 9.85. The number of nitrogens with zero attached hydrogens (tertiary/aromatic N) is 3. The lowest BCUT2D eigenvalue weighted by molar-refractivity contribution is -0.124. The van der Waals surface area contributed by atoms with Crippen molar-refractivity contribution in [3.63, 3.8) is 0 Å². The van der Waals surface area contributed by atoms with E-state index in [2.05, 4.69) is 4.90 Å². The highest BCUT2D eigenvalue weighted by Gasteiger charge is 2.41. The third kappa shape index (κ3) is 5.06. The highest BCUT2D eigenvalue weighted by Crippen LogP contribution is 2.37. The predicted octanol–water partition coefficient (Wildman–Crippen LogP) is 4.56. The van der Waals surface area contributed by atoms with E-state index in [9.17, 15) is 9.59 Å². The minimum atomic E-state index is -0.244. The van der Waals surface area contributed by atoms with Gasteiger partial charge in [-0.3, -0.25) is 14.6 Å². The Bertz CT molecular complexity index is 1210. The summed E-state index contributed by atoms with van der Waals surface area (Å²) in [4.78, 5) is 35.0. The van der Waals surface area contributed by atoms with Gasteiger partial charge in [-0.05, 0) is 37.5 Å². The van der Waals surface area contributed by atoms with Crippen molar-refractivity contribution in [3.8, 4) is 0 Å². The number of Topliss-reactive ketones (excluding diaryl/α,β-unsaturated/α-hetero) is 1. The van der Waals surface area contributed by atoms with Crippen LogP contribution in [0, 0.1) is 6.92 Å². The van der Waals surface area contributed by atoms with Gasteiger partial charge >= 0.3 is 0 Å². The summed E-state index contributed by atoms with van der Waals surface area (Å²) in [6, 6.07) is 17.2. The van der Waals surface area contributed by atoms with Crippen molar-refractivity contribution in [1.29, 1.82) is 0 Å². The third-order valence-electron chi connectivity index (χ3n) is 6.76. The molecule has 35 heavy (non-hydrogen) atoms. The molecule has 0 spiro atoms. The molecule has 0 saturated carbocycles. The molecule has 2 unspecified atom stereocenters. The molecule has 0 radical (unpaired) electrons. The average molecular weight is 472 g/mol. The number of likely N-dealkylation sites (N-methyl/N-ethyl adjacent to an activating group) is 2. The molecule has 0 N–H and O–H groups in total. The predicted molar refractivity (Wildman–Crippen MR) is 138 cm³/mol. The van der Waals surface area contributed by atoms with E-state index in [-0.39, 0.29) is 30.2 Å². The van der Waals surface area contributed by atoms with E-state index in [1.807, 2.05) is 81.6 Å². The van der Waals surface area contributed by atoms with Crippen molar-refractivity contribution in [2.75, 3.05) is 21.1 Å². The number of aliphatic imine (C=N–C) groups is 1. The number of amidine groups is 1. The number of ketones is 1. The van der Waals surface area contributed by atoms with E-state index in [4.69, 9.17) is 9.73 Å². The minimum Gasteiger partial charge on any atom is -0.491 e. The van der Waals surface area contributed by atoms with E-state index in [1.165, 1.54) is 0 Å². The van der Waals surface area contributed by atoms with Crippen molar-refractivity contribution in [3.05, 3.63) is 94.3 Å². The van der Waals surface area contributed by atoms with Gasteiger partial charge in [0, 0.05) is 44.3 Å². The first-order chi connectivity index (χ1) is 16.8. The maximum atomic E-state index is 13.3. The van der Waals surface area contributed by atoms with Crippen LogP contribution in [0.15, 0.2) is 82.6 Å². The summed E-state index contributed by atoms with van der Waals surface area (Å²) >= 11 is 0. The average Bonchev–Trinajstić information content (AvgIpc) is 3.14. The summed E-state index contributed by atoms with van der Waals surface area (Å²) in [6.07, 6.45) is 2.69. The highest BCUT2D eigenvalue weighted by atomic mass is 16.5. The molecule has 2 aromatic rings. The zero-order valence-corrected chi connectivity index (χ0v) is 21.1. The number of hydrogen-bond acceptors (Lipinski definition) is 5. The molecule has 1 amide bonds. The molecule has 2 aromatic carbocycles. The number of ether oxygens (including phenoxy) is 1. The Morgan fingerprint density at radius 2 is 1.71 bits per heavy atom. The van der Waals surface area contributed by atoms with Crippen LogP contribution in [-0.2, 0) is 16.1 Å². The monoisotopic (exact) mass is 471 g/mol. The number of carbonyl (C=O) groups excluding carboxylic acids is 2. The molecular formula is C29H33N3O3. The second-order valence-electron chi connectivity index (χ2n) is 9.36. The molecule has 0 aromatic heterocycles. The fourth-order valence-electron chi connectivity index (χ4n) is 4.66. The number of rotatable bonds is 8. The summed E-state index contributed by atoms with van der Waals surface area (Å²) < 4.78 is 6.44. The number of amides is 1. The largest absolute Gasteiger partial charge is 0.491 e. The van der Waals surface area contributed by atoms with E-state index >= 15 is 0 Å². The molecule has 0 bridgehead atoms. The zero-order valence-electron chi connectivity index (χ0n) is 21.1. The van der Waals surface area contributed by atoms with Gasteiger partial charge in [-0.15, -0.1) is 0 Å². The zero-order chi connectivity index (χ0) is 25.1. The molecule has 0 fully saturated rings. The van der Waals surface area contributed by atoms with Crippen LogP contribution >= 0.6 is 0 Å². The topological polar surface area (TPSA) is 62.2 Å². The number of carbonyl (C=O) groups is 2. The van der Waals surface area contributed by atoms with Gasteiger partial charge in [0.2, 0.25) is 0 Å². The Labute approximate surface area is 207 Å². The van der Waals surface area contributed by atoms with Gasteiger partial charge < -0.3 is 14.5 Å². The van der Waals surface area contributed by atoms with E-state index in [0.717, 1.165) is 22.5 Å². The maximum absolute atomic E-state index is 13.3. The Morgan fingerprint density at radius 1 is 1.03 bits per heavy atom. The SMILES string of the molecule is CC1=NC2C(OCc3ccccc3)=C(CCC(=O)c3ccccc3C)C(C(=O)N(C)C)=CC2N1C. The molecule has 182 valence electrons. The lowest BCUT2D eigenvalue weighted by Gasteiger charge is -2.32. The van der Waals surface area contributed by atoms with Crippen LogP contribution in [0.2, 0.25) is 0 Å². The maximum Gasteiger partial charge on any atom is 0.253 e. The van der Waals surface area contributed by atoms with Crippen molar-refractivity contribution >= 4 is 17.5 Å². The third-order valence-corrected chi connectivity index (χ3v) is 6.76. The van der Waals surface area contributed by atoms with E-state index in [1.54, 1.807) is 19.0 Å². The van der Waals surface area contributed by atoms with E-state index < -0.39 is 0 Å². The molecule has 2 atom stereocenters. The second kappa shape index (κ2) is 10.3. The normalized spacial score (nSPS) is 19.2. The van der Waals surface area contributed by atoms with E-state index in [0.29, 0.717) is 29.9 Å². The molecule has 6 nitrogen and oxygen atoms in total. The Hall–Kier alpha value is -3.67. The summed E-state index contributed by atoms with van der Waals surface area (Å²) in [7, 11) is 5.48. The summed E-state index contributed by atoms with van der Waals surface area (Å²) in [6.45, 7) is 4.28. The summed E-state index contributed by atoms with van der Waals surface area (Å²) in [5.41, 5.74) is 4.07. The number of benzene rings is 2. The van der Waals surface area contributed by atoms with Crippen molar-refractivity contribution < 1.29 is 14.3 Å². The summed E-state index contributed by atoms with van der Waals surface area (Å²) in [5, 5.41) is 0. The number of aryl methyl sites for hydroxylation is 1. The Balaban J connectivity index is 1.72. The van der Waals surface area contributed by atoms with Crippen LogP contribution in [0.1, 0.15) is 41.3 Å². The Kier molecular flexibility index (Phi) is 7.20. The van der Waals surface area contributed by atoms with Gasteiger partial charge in [0.05, 0.1) is 11.9 Å². The number of fused-ring (bicyclic) bond motifs is 1. The van der Waals surface area contributed by atoms with Crippen LogP contribution in [0.3, 0.4) is 0 Å². The van der Waals surface area contributed by atoms with Gasteiger partial charge in [0.1, 0.15) is 18.4 Å². The standard InChI is InChI=1S/C29H33N3O3/c1-19-11-9-10-14-22(19)26(33)16-15-23-24(29(34)31(3)4)17-25-27(30-20(2)32(25)5)28(23)35-18-21-12-7-6-8-13-21/h6-14,17,25,27H,15-16,18H2,1-5H3. The molecule has 2 aliphatic rings. The van der Waals surface area contributed by atoms with Crippen molar-refractivity contribution in [2.24, 2.45) is 4.99 Å². The van der Waals surface area contributed by atoms with Gasteiger partial charge in [-0.25, -0.2) is 0 Å². The molecule has 0 saturated heterocycles.